The number of nitrogens with zero attached hydrogens (tertiary/aromatic N) is 1. The van der Waals surface area contributed by atoms with Gasteiger partial charge in [-0.3, -0.25) is 0 Å². The summed E-state index contributed by atoms with van der Waals surface area (Å²) >= 11 is 5.33. The quantitative estimate of drug-likeness (QED) is 0.569. The highest BCUT2D eigenvalue weighted by Crippen LogP contribution is 2.27. The highest BCUT2D eigenvalue weighted by Gasteiger charge is 2.07. The molecule has 0 atom stereocenters. The third-order valence-electron chi connectivity index (χ3n) is 2.83. The predicted molar refractivity (Wildman–Crippen MR) is 65.6 cm³/mol. The molecule has 3 rings (SSSR count). The van der Waals surface area contributed by atoms with Gasteiger partial charge < -0.3 is 9.55 Å². The van der Waals surface area contributed by atoms with Crippen molar-refractivity contribution in [2.75, 3.05) is 0 Å². The lowest BCUT2D eigenvalue weighted by Gasteiger charge is -1.95. The summed E-state index contributed by atoms with van der Waals surface area (Å²) in [7, 11) is 2.07. The van der Waals surface area contributed by atoms with Crippen LogP contribution < -0.4 is 0 Å². The third kappa shape index (κ3) is 1.07. The average molecular weight is 214 g/mol. The number of rotatable bonds is 0. The maximum absolute atomic E-state index is 5.33. The van der Waals surface area contributed by atoms with Crippen molar-refractivity contribution < 1.29 is 0 Å². The number of aromatic nitrogens is 2. The summed E-state index contributed by atoms with van der Waals surface area (Å²) in [6.07, 6.45) is 1.89. The van der Waals surface area contributed by atoms with Crippen molar-refractivity contribution in [3.63, 3.8) is 0 Å². The molecule has 0 spiro atoms. The van der Waals surface area contributed by atoms with Crippen LogP contribution in [0.1, 0.15) is 0 Å². The second-order valence-electron chi connectivity index (χ2n) is 3.64. The molecule has 2 aromatic heterocycles. The van der Waals surface area contributed by atoms with Gasteiger partial charge in [0.2, 0.25) is 0 Å². The highest BCUT2D eigenvalue weighted by molar-refractivity contribution is 7.71. The Labute approximate surface area is 92.2 Å². The Balaban J connectivity index is 2.77. The number of para-hydroxylation sites is 1. The third-order valence-corrected chi connectivity index (χ3v) is 3.16. The maximum atomic E-state index is 5.33. The van der Waals surface area contributed by atoms with E-state index in [1.165, 1.54) is 16.4 Å². The van der Waals surface area contributed by atoms with Crippen LogP contribution in [0, 0.1) is 4.64 Å². The molecule has 0 aliphatic heterocycles. The molecule has 3 heteroatoms. The Morgan fingerprint density at radius 2 is 1.93 bits per heavy atom. The van der Waals surface area contributed by atoms with Crippen LogP contribution in [0.25, 0.3) is 21.8 Å². The van der Waals surface area contributed by atoms with E-state index in [1.54, 1.807) is 0 Å². The fourth-order valence-corrected chi connectivity index (χ4v) is 2.40. The highest BCUT2D eigenvalue weighted by atomic mass is 32.1. The van der Waals surface area contributed by atoms with E-state index in [9.17, 15) is 0 Å². The van der Waals surface area contributed by atoms with Crippen LogP contribution in [0.3, 0.4) is 0 Å². The van der Waals surface area contributed by atoms with E-state index in [2.05, 4.69) is 34.8 Å². The molecule has 0 radical (unpaired) electrons. The molecule has 3 aromatic rings. The average Bonchev–Trinajstić information content (AvgIpc) is 2.55. The number of aryl methyl sites for hydroxylation is 1. The van der Waals surface area contributed by atoms with Crippen LogP contribution in [0.15, 0.2) is 36.5 Å². The molecular weight excluding hydrogens is 204 g/mol. The molecule has 0 fully saturated rings. The van der Waals surface area contributed by atoms with E-state index >= 15 is 0 Å². The zero-order valence-corrected chi connectivity index (χ0v) is 9.14. The first-order valence-electron chi connectivity index (χ1n) is 4.84. The molecule has 15 heavy (non-hydrogen) atoms. The number of nitrogens with one attached hydrogen (secondary N) is 1. The Morgan fingerprint density at radius 3 is 2.80 bits per heavy atom. The normalized spacial score (nSPS) is 11.3. The Bertz CT molecular complexity index is 706. The van der Waals surface area contributed by atoms with E-state index in [1.807, 2.05) is 18.3 Å². The van der Waals surface area contributed by atoms with E-state index < -0.39 is 0 Å². The first-order valence-corrected chi connectivity index (χ1v) is 5.24. The van der Waals surface area contributed by atoms with E-state index in [-0.39, 0.29) is 0 Å². The molecule has 1 aromatic carbocycles. The summed E-state index contributed by atoms with van der Waals surface area (Å²) < 4.78 is 2.98. The standard InChI is InChI=1S/C12H10N2S/c1-14-9-5-3-2-4-8(9)11-10(14)6-7-13-12(11)15/h2-7H,1H3,(H,13,15). The van der Waals surface area contributed by atoms with Gasteiger partial charge >= 0.3 is 0 Å². The van der Waals surface area contributed by atoms with E-state index in [0.29, 0.717) is 0 Å². The SMILES string of the molecule is Cn1c2ccccc2c2c(=S)[nH]ccc21. The van der Waals surface area contributed by atoms with Gasteiger partial charge in [-0.15, -0.1) is 0 Å². The number of hydrogen-bond donors (Lipinski definition) is 1. The largest absolute Gasteiger partial charge is 0.352 e. The summed E-state index contributed by atoms with van der Waals surface area (Å²) in [5, 5.41) is 2.36. The van der Waals surface area contributed by atoms with Crippen molar-refractivity contribution >= 4 is 34.0 Å². The van der Waals surface area contributed by atoms with Crippen molar-refractivity contribution in [1.29, 1.82) is 0 Å². The zero-order valence-electron chi connectivity index (χ0n) is 8.32. The Hall–Kier alpha value is -1.61. The van der Waals surface area contributed by atoms with E-state index in [0.717, 1.165) is 10.0 Å². The number of pyridine rings is 1. The Kier molecular flexibility index (Phi) is 1.70. The Morgan fingerprint density at radius 1 is 1.13 bits per heavy atom. The second-order valence-corrected chi connectivity index (χ2v) is 4.05. The monoisotopic (exact) mass is 214 g/mol. The molecule has 0 aliphatic carbocycles. The summed E-state index contributed by atoms with van der Waals surface area (Å²) in [6.45, 7) is 0. The lowest BCUT2D eigenvalue weighted by molar-refractivity contribution is 1.01. The minimum absolute atomic E-state index is 0.810. The molecule has 1 N–H and O–H groups in total. The van der Waals surface area contributed by atoms with Gasteiger partial charge in [0.25, 0.3) is 0 Å². The van der Waals surface area contributed by atoms with Gasteiger partial charge in [0.15, 0.2) is 0 Å². The topological polar surface area (TPSA) is 20.7 Å². The van der Waals surface area contributed by atoms with Crippen LogP contribution in [0.4, 0.5) is 0 Å². The minimum atomic E-state index is 0.810. The van der Waals surface area contributed by atoms with Crippen LogP contribution in [0.5, 0.6) is 0 Å². The first kappa shape index (κ1) is 8.68. The van der Waals surface area contributed by atoms with Crippen LogP contribution in [-0.4, -0.2) is 9.55 Å². The molecule has 0 amide bonds. The maximum Gasteiger partial charge on any atom is 0.113 e. The second kappa shape index (κ2) is 2.94. The van der Waals surface area contributed by atoms with Gasteiger partial charge in [-0.05, 0) is 12.1 Å². The van der Waals surface area contributed by atoms with Crippen LogP contribution >= 0.6 is 12.2 Å². The van der Waals surface area contributed by atoms with Gasteiger partial charge in [0, 0.05) is 29.5 Å². The molecule has 2 heterocycles. The van der Waals surface area contributed by atoms with Gasteiger partial charge in [-0.25, -0.2) is 0 Å². The molecule has 0 aliphatic rings. The lowest BCUT2D eigenvalue weighted by Crippen LogP contribution is -1.85. The molecule has 0 saturated carbocycles. The molecule has 2 nitrogen and oxygen atoms in total. The number of aromatic amines is 1. The number of H-pyrrole nitrogens is 1. The minimum Gasteiger partial charge on any atom is -0.352 e. The van der Waals surface area contributed by atoms with Gasteiger partial charge in [-0.2, -0.15) is 0 Å². The molecule has 74 valence electrons. The molecular formula is C12H10N2S. The fraction of sp³-hybridized carbons (Fsp3) is 0.0833. The van der Waals surface area contributed by atoms with Crippen LogP contribution in [0.2, 0.25) is 0 Å². The van der Waals surface area contributed by atoms with Crippen molar-refractivity contribution in [3.05, 3.63) is 41.2 Å². The fourth-order valence-electron chi connectivity index (χ4n) is 2.12. The zero-order chi connectivity index (χ0) is 10.4. The predicted octanol–water partition coefficient (Wildman–Crippen LogP) is 3.39. The summed E-state index contributed by atoms with van der Waals surface area (Å²) in [4.78, 5) is 3.08. The van der Waals surface area contributed by atoms with Crippen molar-refractivity contribution in [1.82, 2.24) is 9.55 Å². The first-order chi connectivity index (χ1) is 7.29. The number of benzene rings is 1. The van der Waals surface area contributed by atoms with Gasteiger partial charge in [0.1, 0.15) is 4.64 Å². The summed E-state index contributed by atoms with van der Waals surface area (Å²) in [6, 6.07) is 10.4. The molecule has 0 bridgehead atoms. The van der Waals surface area contributed by atoms with E-state index in [4.69, 9.17) is 12.2 Å². The van der Waals surface area contributed by atoms with Crippen molar-refractivity contribution in [3.8, 4) is 0 Å². The number of hydrogen-bond acceptors (Lipinski definition) is 1. The lowest BCUT2D eigenvalue weighted by atomic mass is 10.2. The number of fused-ring (bicyclic) bond motifs is 3. The van der Waals surface area contributed by atoms with Gasteiger partial charge in [-0.1, -0.05) is 30.4 Å². The van der Waals surface area contributed by atoms with Gasteiger partial charge in [0.05, 0.1) is 5.52 Å². The van der Waals surface area contributed by atoms with Crippen LogP contribution in [-0.2, 0) is 7.05 Å². The summed E-state index contributed by atoms with van der Waals surface area (Å²) in [5.41, 5.74) is 2.40. The molecule has 0 unspecified atom stereocenters. The van der Waals surface area contributed by atoms with Crippen molar-refractivity contribution in [2.45, 2.75) is 0 Å². The smallest absolute Gasteiger partial charge is 0.113 e. The van der Waals surface area contributed by atoms with Crippen molar-refractivity contribution in [2.24, 2.45) is 7.05 Å². The molecule has 0 saturated heterocycles. The summed E-state index contributed by atoms with van der Waals surface area (Å²) in [5.74, 6) is 0.